The Morgan fingerprint density at radius 1 is 1.04 bits per heavy atom. The molecule has 136 valence electrons. The lowest BCUT2D eigenvalue weighted by molar-refractivity contribution is -0.150. The van der Waals surface area contributed by atoms with Gasteiger partial charge in [0, 0.05) is 42.2 Å². The molecule has 2 aromatic rings. The molecule has 1 aliphatic heterocycles. The molecule has 0 N–H and O–H groups in total. The average Bonchev–Trinajstić information content (AvgIpc) is 3.35. The van der Waals surface area contributed by atoms with Gasteiger partial charge in [0.15, 0.2) is 0 Å². The molecule has 0 aromatic carbocycles. The van der Waals surface area contributed by atoms with Gasteiger partial charge in [-0.3, -0.25) is 4.79 Å². The zero-order valence-electron chi connectivity index (χ0n) is 14.5. The Morgan fingerprint density at radius 2 is 1.68 bits per heavy atom. The highest BCUT2D eigenvalue weighted by atomic mass is 33.1. The third-order valence-electron chi connectivity index (χ3n) is 4.34. The first-order valence-corrected chi connectivity index (χ1v) is 11.4. The van der Waals surface area contributed by atoms with E-state index in [0.29, 0.717) is 19.5 Å². The fourth-order valence-electron chi connectivity index (χ4n) is 3.04. The summed E-state index contributed by atoms with van der Waals surface area (Å²) < 4.78 is 9.91. The largest absolute Gasteiger partial charge is 0.459 e. The highest BCUT2D eigenvalue weighted by molar-refractivity contribution is 8.77. The molecule has 1 fully saturated rings. The van der Waals surface area contributed by atoms with Crippen LogP contribution in [0.4, 0.5) is 0 Å². The first-order chi connectivity index (χ1) is 12.3. The average molecular weight is 379 g/mol. The van der Waals surface area contributed by atoms with Crippen LogP contribution in [0.2, 0.25) is 0 Å². The highest BCUT2D eigenvalue weighted by Crippen LogP contribution is 2.39. The third-order valence-corrected chi connectivity index (χ3v) is 7.35. The summed E-state index contributed by atoms with van der Waals surface area (Å²) in [4.78, 5) is 12.3. The number of unbranched alkanes of at least 4 members (excludes halogenated alkanes) is 1. The van der Waals surface area contributed by atoms with Crippen molar-refractivity contribution in [3.05, 3.63) is 49.1 Å². The Morgan fingerprint density at radius 3 is 2.24 bits per heavy atom. The molecule has 0 amide bonds. The number of ether oxygens (including phenoxy) is 1. The highest BCUT2D eigenvalue weighted by Gasteiger charge is 2.18. The van der Waals surface area contributed by atoms with Crippen molar-refractivity contribution in [2.24, 2.45) is 0 Å². The number of nitrogens with zero attached hydrogens (tertiary/aromatic N) is 2. The minimum atomic E-state index is -0.144. The number of aromatic nitrogens is 2. The van der Waals surface area contributed by atoms with Gasteiger partial charge >= 0.3 is 5.97 Å². The molecule has 25 heavy (non-hydrogen) atoms. The lowest BCUT2D eigenvalue weighted by Crippen LogP contribution is -2.27. The predicted octanol–water partition coefficient (Wildman–Crippen LogP) is 4.62. The van der Waals surface area contributed by atoms with Crippen molar-refractivity contribution in [2.75, 3.05) is 5.75 Å². The maximum absolute atomic E-state index is 12.3. The van der Waals surface area contributed by atoms with Crippen molar-refractivity contribution < 1.29 is 9.53 Å². The standard InChI is InChI=1S/C19H26N2O2S2/c22-19(8-2-1-7-18-9-14-24-25-18)23-17(15-20-10-3-4-11-20)16-21-12-5-6-13-21/h3-6,10-13,17-18H,1-2,7-9,14-16H2/t18-/m0/s1. The van der Waals surface area contributed by atoms with E-state index in [1.54, 1.807) is 0 Å². The van der Waals surface area contributed by atoms with Gasteiger partial charge in [-0.25, -0.2) is 0 Å². The summed E-state index contributed by atoms with van der Waals surface area (Å²) in [6.45, 7) is 1.37. The predicted molar refractivity (Wildman–Crippen MR) is 106 cm³/mol. The van der Waals surface area contributed by atoms with Crippen LogP contribution in [0, 0.1) is 0 Å². The second-order valence-electron chi connectivity index (χ2n) is 6.45. The molecule has 0 aliphatic carbocycles. The van der Waals surface area contributed by atoms with Crippen molar-refractivity contribution in [3.8, 4) is 0 Å². The van der Waals surface area contributed by atoms with E-state index in [4.69, 9.17) is 4.74 Å². The Labute approximate surface area is 157 Å². The molecule has 1 atom stereocenters. The van der Waals surface area contributed by atoms with E-state index in [1.807, 2.05) is 70.6 Å². The van der Waals surface area contributed by atoms with E-state index in [-0.39, 0.29) is 12.1 Å². The van der Waals surface area contributed by atoms with Crippen molar-refractivity contribution in [2.45, 2.75) is 56.5 Å². The number of carbonyl (C=O) groups excluding carboxylic acids is 1. The molecule has 1 aliphatic rings. The maximum atomic E-state index is 12.3. The Balaban J connectivity index is 1.42. The lowest BCUT2D eigenvalue weighted by Gasteiger charge is -2.19. The molecule has 0 bridgehead atoms. The van der Waals surface area contributed by atoms with Crippen molar-refractivity contribution in [1.29, 1.82) is 0 Å². The van der Waals surface area contributed by atoms with Crippen LogP contribution in [0.5, 0.6) is 0 Å². The van der Waals surface area contributed by atoms with Crippen LogP contribution < -0.4 is 0 Å². The van der Waals surface area contributed by atoms with Gasteiger partial charge in [0.2, 0.25) is 0 Å². The van der Waals surface area contributed by atoms with E-state index in [9.17, 15) is 4.79 Å². The lowest BCUT2D eigenvalue weighted by atomic mass is 10.1. The summed E-state index contributed by atoms with van der Waals surface area (Å²) >= 11 is 0. The molecular formula is C19H26N2O2S2. The third kappa shape index (κ3) is 6.51. The van der Waals surface area contributed by atoms with Crippen LogP contribution >= 0.6 is 21.6 Å². The molecular weight excluding hydrogens is 352 g/mol. The van der Waals surface area contributed by atoms with Crippen LogP contribution in [0.1, 0.15) is 32.1 Å². The summed E-state index contributed by atoms with van der Waals surface area (Å²) in [6, 6.07) is 7.98. The van der Waals surface area contributed by atoms with E-state index in [2.05, 4.69) is 9.13 Å². The first kappa shape index (κ1) is 18.5. The molecule has 4 nitrogen and oxygen atoms in total. The zero-order valence-corrected chi connectivity index (χ0v) is 16.1. The van der Waals surface area contributed by atoms with Crippen LogP contribution in [0.25, 0.3) is 0 Å². The second kappa shape index (κ2) is 10.0. The van der Waals surface area contributed by atoms with E-state index in [0.717, 1.165) is 18.1 Å². The van der Waals surface area contributed by atoms with E-state index >= 15 is 0 Å². The van der Waals surface area contributed by atoms with Gasteiger partial charge in [-0.15, -0.1) is 0 Å². The van der Waals surface area contributed by atoms with Gasteiger partial charge < -0.3 is 13.9 Å². The van der Waals surface area contributed by atoms with Crippen LogP contribution in [-0.2, 0) is 22.6 Å². The molecule has 1 saturated heterocycles. The number of esters is 1. The summed E-state index contributed by atoms with van der Waals surface area (Å²) in [5.41, 5.74) is 0. The fourth-order valence-corrected chi connectivity index (χ4v) is 6.06. The second-order valence-corrected chi connectivity index (χ2v) is 9.23. The monoisotopic (exact) mass is 378 g/mol. The van der Waals surface area contributed by atoms with Crippen molar-refractivity contribution >= 4 is 27.6 Å². The zero-order chi connectivity index (χ0) is 17.3. The van der Waals surface area contributed by atoms with Crippen molar-refractivity contribution in [1.82, 2.24) is 9.13 Å². The van der Waals surface area contributed by atoms with Gasteiger partial charge in [-0.05, 0) is 43.5 Å². The SMILES string of the molecule is O=C(CCCC[C@H]1CCSS1)OC(Cn1cccc1)Cn1cccc1. The van der Waals surface area contributed by atoms with Crippen LogP contribution in [-0.4, -0.2) is 32.2 Å². The van der Waals surface area contributed by atoms with Crippen LogP contribution in [0.15, 0.2) is 49.1 Å². The van der Waals surface area contributed by atoms with Gasteiger partial charge in [0.1, 0.15) is 6.10 Å². The van der Waals surface area contributed by atoms with Gasteiger partial charge in [-0.1, -0.05) is 28.0 Å². The smallest absolute Gasteiger partial charge is 0.306 e. The summed E-state index contributed by atoms with van der Waals surface area (Å²) in [6.07, 6.45) is 13.0. The maximum Gasteiger partial charge on any atom is 0.306 e. The molecule has 0 saturated carbocycles. The Kier molecular flexibility index (Phi) is 7.42. The molecule has 0 radical (unpaired) electrons. The minimum absolute atomic E-state index is 0.0715. The molecule has 2 aromatic heterocycles. The van der Waals surface area contributed by atoms with E-state index in [1.165, 1.54) is 18.6 Å². The summed E-state index contributed by atoms with van der Waals surface area (Å²) in [7, 11) is 3.99. The minimum Gasteiger partial charge on any atom is -0.459 e. The molecule has 3 rings (SSSR count). The molecule has 0 spiro atoms. The Bertz CT molecular complexity index is 571. The molecule has 3 heterocycles. The van der Waals surface area contributed by atoms with Gasteiger partial charge in [0.25, 0.3) is 0 Å². The van der Waals surface area contributed by atoms with Crippen LogP contribution in [0.3, 0.4) is 0 Å². The van der Waals surface area contributed by atoms with Crippen molar-refractivity contribution in [3.63, 3.8) is 0 Å². The number of rotatable bonds is 10. The van der Waals surface area contributed by atoms with Gasteiger partial charge in [0.05, 0.1) is 13.1 Å². The normalized spacial score (nSPS) is 17.2. The number of hydrogen-bond acceptors (Lipinski definition) is 4. The summed E-state index contributed by atoms with van der Waals surface area (Å²) in [5, 5.41) is 0.788. The number of carbonyl (C=O) groups is 1. The Hall–Kier alpha value is -1.27. The molecule has 0 unspecified atom stereocenters. The first-order valence-electron chi connectivity index (χ1n) is 8.99. The summed E-state index contributed by atoms with van der Waals surface area (Å²) in [5.74, 6) is 1.20. The topological polar surface area (TPSA) is 36.2 Å². The fraction of sp³-hybridized carbons (Fsp3) is 0.526. The van der Waals surface area contributed by atoms with Gasteiger partial charge in [-0.2, -0.15) is 0 Å². The number of hydrogen-bond donors (Lipinski definition) is 0. The quantitative estimate of drug-likeness (QED) is 0.343. The molecule has 6 heteroatoms. The van der Waals surface area contributed by atoms with E-state index < -0.39 is 0 Å².